The van der Waals surface area contributed by atoms with Crippen LogP contribution in [-0.2, 0) is 18.4 Å². The average Bonchev–Trinajstić information content (AvgIpc) is 2.79. The molecule has 2 rings (SSSR count). The molecule has 0 radical (unpaired) electrons. The van der Waals surface area contributed by atoms with Gasteiger partial charge in [-0.25, -0.2) is 4.79 Å². The first-order valence-electron chi connectivity index (χ1n) is 6.46. The highest BCUT2D eigenvalue weighted by Gasteiger charge is 2.22. The van der Waals surface area contributed by atoms with Crippen molar-refractivity contribution in [2.75, 3.05) is 0 Å². The van der Waals surface area contributed by atoms with Gasteiger partial charge in [0.25, 0.3) is 0 Å². The monoisotopic (exact) mass is 291 g/mol. The normalized spacial score (nSPS) is 12.4. The third kappa shape index (κ3) is 2.69. The molecule has 2 aromatic heterocycles. The van der Waals surface area contributed by atoms with E-state index in [0.717, 1.165) is 0 Å². The van der Waals surface area contributed by atoms with Gasteiger partial charge in [0.1, 0.15) is 6.33 Å². The van der Waals surface area contributed by atoms with Gasteiger partial charge in [-0.3, -0.25) is 9.36 Å². The molecule has 0 aliphatic heterocycles. The zero-order chi connectivity index (χ0) is 15.7. The van der Waals surface area contributed by atoms with Crippen LogP contribution in [0, 0.1) is 13.8 Å². The number of nitrogens with zero attached hydrogens (tertiary/aromatic N) is 5. The molecular weight excluding hydrogens is 274 g/mol. The van der Waals surface area contributed by atoms with Crippen molar-refractivity contribution in [3.8, 4) is 0 Å². The minimum Gasteiger partial charge on any atom is -0.481 e. The Bertz CT molecular complexity index is 747. The largest absolute Gasteiger partial charge is 0.481 e. The number of aliphatic carboxylic acids is 1. The quantitative estimate of drug-likeness (QED) is 0.864. The summed E-state index contributed by atoms with van der Waals surface area (Å²) in [5.41, 5.74) is 1.17. The zero-order valence-electron chi connectivity index (χ0n) is 12.4. The maximum absolute atomic E-state index is 12.1. The van der Waals surface area contributed by atoms with Crippen LogP contribution in [0.25, 0.3) is 0 Å². The van der Waals surface area contributed by atoms with Gasteiger partial charge in [0, 0.05) is 24.0 Å². The van der Waals surface area contributed by atoms with Gasteiger partial charge in [-0.05, 0) is 20.8 Å². The summed E-state index contributed by atoms with van der Waals surface area (Å²) in [5, 5.41) is 16.9. The number of rotatable bonds is 4. The Morgan fingerprint density at radius 2 is 2.10 bits per heavy atom. The van der Waals surface area contributed by atoms with Gasteiger partial charge in [0.2, 0.25) is 0 Å². The average molecular weight is 291 g/mol. The van der Waals surface area contributed by atoms with Crippen LogP contribution in [0.2, 0.25) is 0 Å². The Morgan fingerprint density at radius 3 is 2.62 bits per heavy atom. The summed E-state index contributed by atoms with van der Waals surface area (Å²) in [6.07, 6.45) is 1.54. The number of hydrogen-bond donors (Lipinski definition) is 1. The Labute approximate surface area is 121 Å². The van der Waals surface area contributed by atoms with E-state index in [1.165, 1.54) is 10.9 Å². The van der Waals surface area contributed by atoms with Gasteiger partial charge in [-0.2, -0.15) is 4.98 Å². The van der Waals surface area contributed by atoms with Crippen LogP contribution in [-0.4, -0.2) is 35.4 Å². The number of aryl methyl sites for hydroxylation is 2. The summed E-state index contributed by atoms with van der Waals surface area (Å²) >= 11 is 0. The molecule has 0 aliphatic carbocycles. The molecule has 8 nitrogen and oxygen atoms in total. The summed E-state index contributed by atoms with van der Waals surface area (Å²) in [7, 11) is 1.78. The highest BCUT2D eigenvalue weighted by Crippen LogP contribution is 2.21. The Hall–Kier alpha value is -2.51. The van der Waals surface area contributed by atoms with Crippen molar-refractivity contribution in [3.05, 3.63) is 39.6 Å². The summed E-state index contributed by atoms with van der Waals surface area (Å²) in [6, 6.07) is 0. The lowest BCUT2D eigenvalue weighted by Gasteiger charge is -2.17. The van der Waals surface area contributed by atoms with Crippen LogP contribution in [0.15, 0.2) is 11.1 Å². The lowest BCUT2D eigenvalue weighted by atomic mass is 9.98. The molecule has 8 heteroatoms. The van der Waals surface area contributed by atoms with E-state index < -0.39 is 17.6 Å². The van der Waals surface area contributed by atoms with Crippen LogP contribution in [0.5, 0.6) is 0 Å². The van der Waals surface area contributed by atoms with Crippen LogP contribution >= 0.6 is 0 Å². The molecule has 2 aromatic rings. The summed E-state index contributed by atoms with van der Waals surface area (Å²) in [6.45, 7) is 5.15. The van der Waals surface area contributed by atoms with Crippen molar-refractivity contribution in [1.29, 1.82) is 0 Å². The fourth-order valence-electron chi connectivity index (χ4n) is 2.34. The van der Waals surface area contributed by atoms with Crippen molar-refractivity contribution >= 4 is 5.97 Å². The summed E-state index contributed by atoms with van der Waals surface area (Å²) in [5.74, 6) is -1.09. The molecule has 1 unspecified atom stereocenters. The minimum absolute atomic E-state index is 0.202. The number of carbonyl (C=O) groups is 1. The Morgan fingerprint density at radius 1 is 1.43 bits per heavy atom. The van der Waals surface area contributed by atoms with Crippen LogP contribution < -0.4 is 5.69 Å². The molecule has 112 valence electrons. The number of carboxylic acid groups (broad SMARTS) is 1. The van der Waals surface area contributed by atoms with E-state index in [2.05, 4.69) is 15.2 Å². The number of hydrogen-bond acceptors (Lipinski definition) is 5. The Balaban J connectivity index is 2.57. The molecule has 0 amide bonds. The second kappa shape index (κ2) is 5.47. The first-order valence-corrected chi connectivity index (χ1v) is 6.46. The topological polar surface area (TPSA) is 103 Å². The van der Waals surface area contributed by atoms with E-state index in [4.69, 9.17) is 0 Å². The Kier molecular flexibility index (Phi) is 3.88. The third-order valence-corrected chi connectivity index (χ3v) is 3.59. The fraction of sp³-hybridized carbons (Fsp3) is 0.462. The lowest BCUT2D eigenvalue weighted by Crippen LogP contribution is -2.30. The SMILES string of the molecule is Cc1nc(=O)n(Cc2nncn2C)c(C)c1C(C)C(=O)O. The molecule has 21 heavy (non-hydrogen) atoms. The predicted octanol–water partition coefficient (Wildman–Crippen LogP) is 0.225. The maximum atomic E-state index is 12.1. The molecule has 0 aliphatic rings. The number of carboxylic acids is 1. The molecule has 0 bridgehead atoms. The standard InChI is InChI=1S/C13H17N5O3/c1-7(12(19)20)11-8(2)15-13(21)18(9(11)3)5-10-16-14-6-17(10)4/h6-7H,5H2,1-4H3,(H,19,20). The van der Waals surface area contributed by atoms with Crippen LogP contribution in [0.4, 0.5) is 0 Å². The third-order valence-electron chi connectivity index (χ3n) is 3.59. The van der Waals surface area contributed by atoms with Gasteiger partial charge in [-0.1, -0.05) is 0 Å². The van der Waals surface area contributed by atoms with E-state index >= 15 is 0 Å². The number of aromatic nitrogens is 5. The maximum Gasteiger partial charge on any atom is 0.348 e. The zero-order valence-corrected chi connectivity index (χ0v) is 12.4. The van der Waals surface area contributed by atoms with Crippen LogP contribution in [0.3, 0.4) is 0 Å². The van der Waals surface area contributed by atoms with Crippen molar-refractivity contribution in [3.63, 3.8) is 0 Å². The van der Waals surface area contributed by atoms with Crippen molar-refractivity contribution < 1.29 is 9.90 Å². The highest BCUT2D eigenvalue weighted by atomic mass is 16.4. The second-order valence-electron chi connectivity index (χ2n) is 4.98. The first kappa shape index (κ1) is 14.9. The van der Waals surface area contributed by atoms with Gasteiger partial charge in [-0.15, -0.1) is 10.2 Å². The molecule has 0 aromatic carbocycles. The van der Waals surface area contributed by atoms with Crippen molar-refractivity contribution in [1.82, 2.24) is 24.3 Å². The molecule has 0 spiro atoms. The molecule has 0 saturated carbocycles. The molecule has 1 atom stereocenters. The van der Waals surface area contributed by atoms with E-state index in [1.54, 1.807) is 32.4 Å². The molecule has 0 saturated heterocycles. The fourth-order valence-corrected chi connectivity index (χ4v) is 2.34. The summed E-state index contributed by atoms with van der Waals surface area (Å²) in [4.78, 5) is 27.3. The van der Waals surface area contributed by atoms with Gasteiger partial charge in [0.05, 0.1) is 12.5 Å². The van der Waals surface area contributed by atoms with Gasteiger partial charge < -0.3 is 9.67 Å². The predicted molar refractivity (Wildman–Crippen MR) is 74.1 cm³/mol. The van der Waals surface area contributed by atoms with Crippen molar-refractivity contribution in [2.45, 2.75) is 33.2 Å². The molecular formula is C13H17N5O3. The smallest absolute Gasteiger partial charge is 0.348 e. The molecule has 2 heterocycles. The van der Waals surface area contributed by atoms with Crippen molar-refractivity contribution in [2.24, 2.45) is 7.05 Å². The highest BCUT2D eigenvalue weighted by molar-refractivity contribution is 5.76. The van der Waals surface area contributed by atoms with E-state index in [-0.39, 0.29) is 6.54 Å². The summed E-state index contributed by atoms with van der Waals surface area (Å²) < 4.78 is 3.12. The second-order valence-corrected chi connectivity index (χ2v) is 4.98. The van der Waals surface area contributed by atoms with E-state index in [9.17, 15) is 14.7 Å². The molecule has 0 fully saturated rings. The first-order chi connectivity index (χ1) is 9.82. The van der Waals surface area contributed by atoms with Gasteiger partial charge >= 0.3 is 11.7 Å². The van der Waals surface area contributed by atoms with E-state index in [0.29, 0.717) is 22.8 Å². The van der Waals surface area contributed by atoms with E-state index in [1.807, 2.05) is 0 Å². The van der Waals surface area contributed by atoms with Crippen LogP contribution in [0.1, 0.15) is 35.6 Å². The van der Waals surface area contributed by atoms with Gasteiger partial charge in [0.15, 0.2) is 5.82 Å². The minimum atomic E-state index is -0.952. The molecule has 1 N–H and O–H groups in total. The lowest BCUT2D eigenvalue weighted by molar-refractivity contribution is -0.138.